The van der Waals surface area contributed by atoms with E-state index in [1.165, 1.54) is 14.0 Å². The van der Waals surface area contributed by atoms with Crippen LogP contribution in [0.25, 0.3) is 0 Å². The van der Waals surface area contributed by atoms with E-state index in [1.54, 1.807) is 0 Å². The fourth-order valence-electron chi connectivity index (χ4n) is 0.565. The number of methoxy groups -OCH3 is 1. The zero-order valence-corrected chi connectivity index (χ0v) is 8.07. The van der Waals surface area contributed by atoms with Crippen LogP contribution in [0.5, 0.6) is 0 Å². The molecule has 80 valence electrons. The average molecular weight is 204 g/mol. The summed E-state index contributed by atoms with van der Waals surface area (Å²) in [6, 6.07) is 0. The largest absolute Gasteiger partial charge is 0.451 e. The molecule has 1 rings (SSSR count). The van der Waals surface area contributed by atoms with E-state index >= 15 is 0 Å². The summed E-state index contributed by atoms with van der Waals surface area (Å²) < 4.78 is 13.0. The van der Waals surface area contributed by atoms with Crippen molar-refractivity contribution in [1.82, 2.24) is 0 Å². The van der Waals surface area contributed by atoms with Crippen LogP contribution in [0, 0.1) is 0 Å². The summed E-state index contributed by atoms with van der Waals surface area (Å²) in [6.45, 7) is 1.25. The maximum absolute atomic E-state index is 10.1. The first kappa shape index (κ1) is 12.6. The molecule has 1 aliphatic rings. The average Bonchev–Trinajstić information content (AvgIpc) is 2.11. The van der Waals surface area contributed by atoms with Crippen LogP contribution >= 0.6 is 0 Å². The molecule has 0 unspecified atom stereocenters. The van der Waals surface area contributed by atoms with Crippen LogP contribution in [0.2, 0.25) is 0 Å². The number of cyclic esters (lactones) is 2. The second-order valence-electron chi connectivity index (χ2n) is 2.46. The van der Waals surface area contributed by atoms with Crippen molar-refractivity contribution in [1.29, 1.82) is 0 Å². The Bertz CT molecular complexity index is 194. The summed E-state index contributed by atoms with van der Waals surface area (Å²) in [5, 5.41) is 0. The molecule has 0 aromatic heterocycles. The molecule has 0 N–H and O–H groups in total. The van der Waals surface area contributed by atoms with E-state index in [0.29, 0.717) is 0 Å². The Labute approximate surface area is 81.1 Å². The number of hydrogen-bond acceptors (Lipinski definition) is 6. The van der Waals surface area contributed by atoms with Crippen molar-refractivity contribution in [2.24, 2.45) is 0 Å². The Morgan fingerprint density at radius 1 is 1.29 bits per heavy atom. The molecule has 0 aromatic rings. The van der Waals surface area contributed by atoms with Gasteiger partial charge in [-0.05, 0) is 6.92 Å². The highest BCUT2D eigenvalue weighted by atomic mass is 16.6. The van der Waals surface area contributed by atoms with Gasteiger partial charge in [0.25, 0.3) is 0 Å². The molecule has 1 fully saturated rings. The van der Waals surface area contributed by atoms with Gasteiger partial charge in [0.05, 0.1) is 0 Å². The lowest BCUT2D eigenvalue weighted by molar-refractivity contribution is -0.174. The van der Waals surface area contributed by atoms with Gasteiger partial charge in [0.15, 0.2) is 19.0 Å². The lowest BCUT2D eigenvalue weighted by Gasteiger charge is -2.09. The number of Topliss-reactive ketones (excluding diaryl/α,β-unsaturated/α-hetero) is 1. The molecule has 6 nitrogen and oxygen atoms in total. The van der Waals surface area contributed by atoms with Gasteiger partial charge in [-0.3, -0.25) is 4.79 Å². The van der Waals surface area contributed by atoms with Crippen LogP contribution in [0.3, 0.4) is 0 Å². The Hall–Kier alpha value is -1.43. The summed E-state index contributed by atoms with van der Waals surface area (Å²) in [4.78, 5) is 30.1. The smallest absolute Gasteiger partial charge is 0.344 e. The number of carbonyl (C=O) groups excluding carboxylic acids is 3. The van der Waals surface area contributed by atoms with E-state index in [-0.39, 0.29) is 25.6 Å². The van der Waals surface area contributed by atoms with Gasteiger partial charge in [0, 0.05) is 7.11 Å². The van der Waals surface area contributed by atoms with Crippen molar-refractivity contribution in [3.8, 4) is 0 Å². The number of ether oxygens (including phenoxy) is 3. The highest BCUT2D eigenvalue weighted by Gasteiger charge is 2.16. The second kappa shape index (κ2) is 7.02. The quantitative estimate of drug-likeness (QED) is 0.554. The van der Waals surface area contributed by atoms with Gasteiger partial charge in [0.1, 0.15) is 6.61 Å². The standard InChI is InChI=1S/C4H4O4.C4H8O2/c5-3-1-7-4(6)2-8-3;1-4(5)3-6-2/h1-2H2;3H2,1-2H3. The Morgan fingerprint density at radius 3 is 1.86 bits per heavy atom. The predicted octanol–water partition coefficient (Wildman–Crippen LogP) is -0.692. The van der Waals surface area contributed by atoms with Crippen molar-refractivity contribution < 1.29 is 28.6 Å². The van der Waals surface area contributed by atoms with Crippen LogP contribution in [0.1, 0.15) is 6.92 Å². The number of rotatable bonds is 2. The van der Waals surface area contributed by atoms with Crippen LogP contribution in [0.4, 0.5) is 0 Å². The minimum atomic E-state index is -0.482. The molecular formula is C8H12O6. The second-order valence-corrected chi connectivity index (χ2v) is 2.46. The van der Waals surface area contributed by atoms with Gasteiger partial charge in [0.2, 0.25) is 0 Å². The van der Waals surface area contributed by atoms with Crippen molar-refractivity contribution in [2.45, 2.75) is 6.92 Å². The molecule has 0 radical (unpaired) electrons. The topological polar surface area (TPSA) is 78.9 Å². The lowest BCUT2D eigenvalue weighted by atomic mass is 10.5. The van der Waals surface area contributed by atoms with E-state index in [4.69, 9.17) is 0 Å². The minimum Gasteiger partial charge on any atom is -0.451 e. The minimum absolute atomic E-state index is 0.0671. The van der Waals surface area contributed by atoms with Crippen molar-refractivity contribution in [2.75, 3.05) is 26.9 Å². The molecule has 14 heavy (non-hydrogen) atoms. The Kier molecular flexibility index (Phi) is 6.30. The first-order chi connectivity index (χ1) is 6.56. The molecule has 6 heteroatoms. The van der Waals surface area contributed by atoms with Crippen molar-refractivity contribution in [3.63, 3.8) is 0 Å². The third-order valence-electron chi connectivity index (χ3n) is 1.05. The molecule has 0 atom stereocenters. The third-order valence-corrected chi connectivity index (χ3v) is 1.05. The van der Waals surface area contributed by atoms with Crippen LogP contribution in [-0.2, 0) is 28.6 Å². The van der Waals surface area contributed by atoms with Crippen molar-refractivity contribution >= 4 is 17.7 Å². The summed E-state index contributed by atoms with van der Waals surface area (Å²) in [5.74, 6) is -0.897. The summed E-state index contributed by atoms with van der Waals surface area (Å²) >= 11 is 0. The SMILES string of the molecule is COCC(C)=O.O=C1COC(=O)CO1. The first-order valence-corrected chi connectivity index (χ1v) is 3.86. The lowest BCUT2D eigenvalue weighted by Crippen LogP contribution is -2.27. The van der Waals surface area contributed by atoms with Gasteiger partial charge >= 0.3 is 11.9 Å². The Balaban J connectivity index is 0.000000255. The third kappa shape index (κ3) is 7.23. The molecule has 0 saturated carbocycles. The summed E-state index contributed by atoms with van der Waals surface area (Å²) in [7, 11) is 1.50. The zero-order valence-electron chi connectivity index (χ0n) is 8.07. The molecule has 1 saturated heterocycles. The van der Waals surface area contributed by atoms with Crippen molar-refractivity contribution in [3.05, 3.63) is 0 Å². The molecule has 0 amide bonds. The number of esters is 2. The van der Waals surface area contributed by atoms with Crippen LogP contribution in [0.15, 0.2) is 0 Å². The fraction of sp³-hybridized carbons (Fsp3) is 0.625. The predicted molar refractivity (Wildman–Crippen MR) is 44.5 cm³/mol. The van der Waals surface area contributed by atoms with E-state index in [1.807, 2.05) is 0 Å². The van der Waals surface area contributed by atoms with E-state index in [9.17, 15) is 14.4 Å². The molecule has 0 bridgehead atoms. The van der Waals surface area contributed by atoms with E-state index < -0.39 is 11.9 Å². The van der Waals surface area contributed by atoms with Crippen LogP contribution < -0.4 is 0 Å². The van der Waals surface area contributed by atoms with Gasteiger partial charge in [-0.2, -0.15) is 0 Å². The fourth-order valence-corrected chi connectivity index (χ4v) is 0.565. The van der Waals surface area contributed by atoms with Crippen LogP contribution in [-0.4, -0.2) is 44.7 Å². The molecule has 0 aromatic carbocycles. The number of carbonyl (C=O) groups is 3. The molecule has 0 aliphatic carbocycles. The molecule has 1 aliphatic heterocycles. The van der Waals surface area contributed by atoms with Gasteiger partial charge in [-0.15, -0.1) is 0 Å². The normalized spacial score (nSPS) is 14.7. The molecule has 0 spiro atoms. The maximum Gasteiger partial charge on any atom is 0.344 e. The first-order valence-electron chi connectivity index (χ1n) is 3.86. The summed E-state index contributed by atoms with van der Waals surface area (Å²) in [5.41, 5.74) is 0. The number of ketones is 1. The van der Waals surface area contributed by atoms with Gasteiger partial charge in [-0.1, -0.05) is 0 Å². The highest BCUT2D eigenvalue weighted by molar-refractivity contribution is 5.82. The summed E-state index contributed by atoms with van der Waals surface area (Å²) in [6.07, 6.45) is 0. The molecule has 1 heterocycles. The highest BCUT2D eigenvalue weighted by Crippen LogP contribution is 1.90. The van der Waals surface area contributed by atoms with Gasteiger partial charge in [-0.25, -0.2) is 9.59 Å². The molecular weight excluding hydrogens is 192 g/mol. The maximum atomic E-state index is 10.1. The monoisotopic (exact) mass is 204 g/mol. The van der Waals surface area contributed by atoms with E-state index in [0.717, 1.165) is 0 Å². The van der Waals surface area contributed by atoms with Gasteiger partial charge < -0.3 is 14.2 Å². The zero-order chi connectivity index (χ0) is 11.0. The Morgan fingerprint density at radius 2 is 1.71 bits per heavy atom. The number of hydrogen-bond donors (Lipinski definition) is 0. The van der Waals surface area contributed by atoms with E-state index in [2.05, 4.69) is 14.2 Å².